The molecule has 146 valence electrons. The van der Waals surface area contributed by atoms with Crippen molar-refractivity contribution in [1.82, 2.24) is 15.1 Å². The number of anilines is 1. The minimum absolute atomic E-state index is 0.216. The number of nitrogens with zero attached hydrogens (tertiary/aromatic N) is 2. The van der Waals surface area contributed by atoms with Gasteiger partial charge in [-0.15, -0.1) is 0 Å². The number of benzene rings is 1. The molecule has 0 amide bonds. The quantitative estimate of drug-likeness (QED) is 0.545. The molecule has 0 radical (unpaired) electrons. The number of rotatable bonds is 6. The van der Waals surface area contributed by atoms with Crippen LogP contribution in [-0.4, -0.2) is 21.4 Å². The van der Waals surface area contributed by atoms with Crippen molar-refractivity contribution in [3.63, 3.8) is 0 Å². The number of hydrogen-bond acceptors (Lipinski definition) is 2. The monoisotopic (exact) mass is 396 g/mol. The first-order valence-electron chi connectivity index (χ1n) is 9.01. The zero-order chi connectivity index (χ0) is 19.6. The van der Waals surface area contributed by atoms with Crippen LogP contribution in [0.4, 0.5) is 18.9 Å². The van der Waals surface area contributed by atoms with Crippen LogP contribution in [0.15, 0.2) is 24.3 Å². The molecule has 2 N–H and O–H groups in total. The van der Waals surface area contributed by atoms with Crippen LogP contribution < -0.4 is 10.6 Å². The smallest absolute Gasteiger partial charge is 0.362 e. The van der Waals surface area contributed by atoms with Gasteiger partial charge in [0.15, 0.2) is 10.8 Å². The van der Waals surface area contributed by atoms with Crippen molar-refractivity contribution in [3.8, 4) is 0 Å². The van der Waals surface area contributed by atoms with Crippen molar-refractivity contribution in [2.75, 3.05) is 11.9 Å². The molecule has 1 saturated carbocycles. The number of halogens is 3. The fourth-order valence-corrected chi connectivity index (χ4v) is 3.22. The van der Waals surface area contributed by atoms with Crippen molar-refractivity contribution in [2.24, 2.45) is 0 Å². The Morgan fingerprint density at radius 1 is 1.26 bits per heavy atom. The lowest BCUT2D eigenvalue weighted by atomic mass is 10.1. The van der Waals surface area contributed by atoms with Crippen molar-refractivity contribution in [1.29, 1.82) is 0 Å². The topological polar surface area (TPSA) is 41.9 Å². The number of hydrogen-bond donors (Lipinski definition) is 2. The van der Waals surface area contributed by atoms with Gasteiger partial charge in [0.2, 0.25) is 0 Å². The Bertz CT molecular complexity index is 825. The molecule has 0 atom stereocenters. The summed E-state index contributed by atoms with van der Waals surface area (Å²) in [5, 5.41) is 10.5. The van der Waals surface area contributed by atoms with Gasteiger partial charge in [0.05, 0.1) is 0 Å². The number of alkyl halides is 3. The van der Waals surface area contributed by atoms with Crippen LogP contribution in [0.25, 0.3) is 0 Å². The van der Waals surface area contributed by atoms with Crippen LogP contribution in [0, 0.1) is 13.8 Å². The second kappa shape index (κ2) is 7.88. The molecule has 1 fully saturated rings. The highest BCUT2D eigenvalue weighted by molar-refractivity contribution is 7.80. The molecular formula is C19H23F3N4S. The van der Waals surface area contributed by atoms with E-state index in [4.69, 9.17) is 12.2 Å². The first-order valence-corrected chi connectivity index (χ1v) is 9.42. The Kier molecular flexibility index (Phi) is 5.74. The van der Waals surface area contributed by atoms with Crippen molar-refractivity contribution in [3.05, 3.63) is 46.8 Å². The van der Waals surface area contributed by atoms with E-state index < -0.39 is 11.9 Å². The zero-order valence-electron chi connectivity index (χ0n) is 15.4. The van der Waals surface area contributed by atoms with E-state index in [2.05, 4.69) is 21.8 Å². The second-order valence-corrected chi connectivity index (χ2v) is 7.41. The van der Waals surface area contributed by atoms with Gasteiger partial charge in [-0.2, -0.15) is 18.3 Å². The molecule has 27 heavy (non-hydrogen) atoms. The normalized spacial score (nSPS) is 14.3. The molecule has 8 heteroatoms. The van der Waals surface area contributed by atoms with Crippen LogP contribution in [0.1, 0.15) is 47.7 Å². The number of aryl methyl sites for hydroxylation is 3. The van der Waals surface area contributed by atoms with Gasteiger partial charge in [-0.05, 0) is 63.0 Å². The third kappa shape index (κ3) is 5.22. The fraction of sp³-hybridized carbons (Fsp3) is 0.474. The molecule has 1 aliphatic rings. The van der Waals surface area contributed by atoms with Gasteiger partial charge in [-0.3, -0.25) is 4.68 Å². The molecule has 0 saturated heterocycles. The summed E-state index contributed by atoms with van der Waals surface area (Å²) >= 11 is 5.30. The van der Waals surface area contributed by atoms with Gasteiger partial charge >= 0.3 is 6.18 Å². The second-order valence-electron chi connectivity index (χ2n) is 7.00. The summed E-state index contributed by atoms with van der Waals surface area (Å²) in [5.74, 6) is 0.216. The van der Waals surface area contributed by atoms with Crippen LogP contribution in [0.5, 0.6) is 0 Å². The highest BCUT2D eigenvalue weighted by Crippen LogP contribution is 2.42. The highest BCUT2D eigenvalue weighted by Gasteiger charge is 2.37. The van der Waals surface area contributed by atoms with Gasteiger partial charge in [-0.1, -0.05) is 17.7 Å². The maximum absolute atomic E-state index is 12.9. The summed E-state index contributed by atoms with van der Waals surface area (Å²) in [6, 6.07) is 7.24. The molecule has 0 bridgehead atoms. The molecular weight excluding hydrogens is 373 g/mol. The van der Waals surface area contributed by atoms with Crippen LogP contribution in [0.2, 0.25) is 0 Å². The first-order chi connectivity index (χ1) is 12.7. The summed E-state index contributed by atoms with van der Waals surface area (Å²) in [7, 11) is 0. The lowest BCUT2D eigenvalue weighted by molar-refractivity contribution is -0.141. The first kappa shape index (κ1) is 19.7. The largest absolute Gasteiger partial charge is 0.435 e. The molecule has 1 aromatic carbocycles. The molecule has 0 aliphatic heterocycles. The molecule has 4 nitrogen and oxygen atoms in total. The maximum Gasteiger partial charge on any atom is 0.435 e. The summed E-state index contributed by atoms with van der Waals surface area (Å²) in [4.78, 5) is 0. The molecule has 3 rings (SSSR count). The summed E-state index contributed by atoms with van der Waals surface area (Å²) in [6.07, 6.45) is -1.89. The van der Waals surface area contributed by atoms with E-state index in [-0.39, 0.29) is 5.92 Å². The van der Waals surface area contributed by atoms with Gasteiger partial charge < -0.3 is 10.6 Å². The molecule has 0 spiro atoms. The van der Waals surface area contributed by atoms with Crippen molar-refractivity contribution < 1.29 is 13.2 Å². The zero-order valence-corrected chi connectivity index (χ0v) is 16.2. The predicted molar refractivity (Wildman–Crippen MR) is 104 cm³/mol. The van der Waals surface area contributed by atoms with E-state index in [9.17, 15) is 13.2 Å². The average molecular weight is 396 g/mol. The highest BCUT2D eigenvalue weighted by atomic mass is 32.1. The van der Waals surface area contributed by atoms with Crippen molar-refractivity contribution >= 4 is 23.0 Å². The SMILES string of the molecule is Cc1ccc(NC(=S)NCCCn2nc(C(F)(F)F)cc2C2CC2)c(C)c1. The van der Waals surface area contributed by atoms with Crippen LogP contribution in [-0.2, 0) is 12.7 Å². The number of thiocarbonyl (C=S) groups is 1. The lowest BCUT2D eigenvalue weighted by Crippen LogP contribution is -2.30. The predicted octanol–water partition coefficient (Wildman–Crippen LogP) is 4.77. The van der Waals surface area contributed by atoms with E-state index in [0.717, 1.165) is 24.1 Å². The molecule has 2 aromatic rings. The Balaban J connectivity index is 1.50. The van der Waals surface area contributed by atoms with Crippen LogP contribution in [0.3, 0.4) is 0 Å². The van der Waals surface area contributed by atoms with E-state index >= 15 is 0 Å². The maximum atomic E-state index is 12.9. The number of nitrogens with one attached hydrogen (secondary N) is 2. The van der Waals surface area contributed by atoms with E-state index in [1.54, 1.807) is 0 Å². The minimum Gasteiger partial charge on any atom is -0.362 e. The number of aromatic nitrogens is 2. The van der Waals surface area contributed by atoms with Gasteiger partial charge in [-0.25, -0.2) is 0 Å². The molecule has 0 unspecified atom stereocenters. The summed E-state index contributed by atoms with van der Waals surface area (Å²) < 4.78 is 40.2. The van der Waals surface area contributed by atoms with E-state index in [1.807, 2.05) is 26.0 Å². The van der Waals surface area contributed by atoms with Crippen LogP contribution >= 0.6 is 12.2 Å². The van der Waals surface area contributed by atoms with Gasteiger partial charge in [0.25, 0.3) is 0 Å². The minimum atomic E-state index is -4.40. The third-order valence-electron chi connectivity index (χ3n) is 4.56. The average Bonchev–Trinajstić information content (AvgIpc) is 3.33. The fourth-order valence-electron chi connectivity index (χ4n) is 3.01. The Morgan fingerprint density at radius 3 is 2.63 bits per heavy atom. The van der Waals surface area contributed by atoms with Crippen molar-refractivity contribution in [2.45, 2.75) is 51.7 Å². The van der Waals surface area contributed by atoms with E-state index in [0.29, 0.717) is 30.3 Å². The standard InChI is InChI=1S/C19H23F3N4S/c1-12-4-7-15(13(2)10-12)24-18(27)23-8-3-9-26-16(14-5-6-14)11-17(25-26)19(20,21)22/h4,7,10-11,14H,3,5-6,8-9H2,1-2H3,(H2,23,24,27). The van der Waals surface area contributed by atoms with E-state index in [1.165, 1.54) is 16.3 Å². The molecule has 1 heterocycles. The Morgan fingerprint density at radius 2 is 2.00 bits per heavy atom. The molecule has 1 aliphatic carbocycles. The molecule has 1 aromatic heterocycles. The van der Waals surface area contributed by atoms with Gasteiger partial charge in [0, 0.05) is 30.4 Å². The Hall–Kier alpha value is -2.09. The Labute approximate surface area is 162 Å². The lowest BCUT2D eigenvalue weighted by Gasteiger charge is -2.13. The summed E-state index contributed by atoms with van der Waals surface area (Å²) in [6.45, 7) is 5.03. The summed E-state index contributed by atoms with van der Waals surface area (Å²) in [5.41, 5.74) is 3.11. The van der Waals surface area contributed by atoms with Gasteiger partial charge in [0.1, 0.15) is 0 Å². The third-order valence-corrected chi connectivity index (χ3v) is 4.81.